The Hall–Kier alpha value is -3.36. The van der Waals surface area contributed by atoms with Crippen molar-refractivity contribution in [3.05, 3.63) is 52.1 Å². The Bertz CT molecular complexity index is 813. The highest BCUT2D eigenvalue weighted by Crippen LogP contribution is 2.34. The molecule has 2 aromatic rings. The minimum absolute atomic E-state index is 0.0682. The van der Waals surface area contributed by atoms with Crippen LogP contribution in [0.25, 0.3) is 0 Å². The van der Waals surface area contributed by atoms with Crippen LogP contribution in [0.15, 0.2) is 36.4 Å². The topological polar surface area (TPSA) is 132 Å². The fourth-order valence-electron chi connectivity index (χ4n) is 2.61. The summed E-state index contributed by atoms with van der Waals surface area (Å²) in [7, 11) is 0. The highest BCUT2D eigenvalue weighted by molar-refractivity contribution is 5.86. The summed E-state index contributed by atoms with van der Waals surface area (Å²) in [5.74, 6) is -0.156. The molecule has 1 heterocycles. The van der Waals surface area contributed by atoms with Crippen molar-refractivity contribution in [1.82, 2.24) is 4.98 Å². The molecule has 0 aliphatic carbocycles. The van der Waals surface area contributed by atoms with Crippen molar-refractivity contribution >= 4 is 29.1 Å². The van der Waals surface area contributed by atoms with Crippen molar-refractivity contribution in [3.63, 3.8) is 0 Å². The van der Waals surface area contributed by atoms with Gasteiger partial charge in [-0.3, -0.25) is 15.4 Å². The summed E-state index contributed by atoms with van der Waals surface area (Å²) >= 11 is 0. The largest absolute Gasteiger partial charge is 0.450 e. The quantitative estimate of drug-likeness (QED) is 0.497. The minimum atomic E-state index is -0.713. The third-order valence-electron chi connectivity index (χ3n) is 4.17. The first-order valence-corrected chi connectivity index (χ1v) is 8.53. The zero-order valence-electron chi connectivity index (χ0n) is 15.4. The average Bonchev–Trinajstić information content (AvgIpc) is 2.61. The smallest absolute Gasteiger partial charge is 0.412 e. The number of amides is 1. The number of nitro groups is 1. The van der Waals surface area contributed by atoms with Gasteiger partial charge in [0.05, 0.1) is 11.5 Å². The molecule has 4 N–H and O–H groups in total. The van der Waals surface area contributed by atoms with Gasteiger partial charge in [0.15, 0.2) is 0 Å². The molecule has 2 rings (SSSR count). The third kappa shape index (κ3) is 5.06. The molecule has 1 aromatic heterocycles. The SMILES string of the molecule is CCOC(=O)Nc1cc(N[C@@H](C)[C@H](C)c2ccccc2)c([N+](=O)[O-])c(N)n1. The number of hydrogen-bond acceptors (Lipinski definition) is 7. The Morgan fingerprint density at radius 3 is 2.59 bits per heavy atom. The monoisotopic (exact) mass is 373 g/mol. The average molecular weight is 373 g/mol. The van der Waals surface area contributed by atoms with E-state index in [1.165, 1.54) is 6.07 Å². The fourth-order valence-corrected chi connectivity index (χ4v) is 2.61. The zero-order chi connectivity index (χ0) is 20.0. The molecule has 2 atom stereocenters. The highest BCUT2D eigenvalue weighted by Gasteiger charge is 2.25. The summed E-state index contributed by atoms with van der Waals surface area (Å²) in [5, 5.41) is 17.0. The van der Waals surface area contributed by atoms with E-state index in [4.69, 9.17) is 10.5 Å². The molecule has 0 saturated carbocycles. The Morgan fingerprint density at radius 2 is 2.00 bits per heavy atom. The van der Waals surface area contributed by atoms with Crippen molar-refractivity contribution in [2.45, 2.75) is 32.7 Å². The van der Waals surface area contributed by atoms with Gasteiger partial charge in [0.2, 0.25) is 5.82 Å². The molecule has 27 heavy (non-hydrogen) atoms. The molecule has 0 aliphatic heterocycles. The summed E-state index contributed by atoms with van der Waals surface area (Å²) in [5.41, 5.74) is 6.68. The van der Waals surface area contributed by atoms with Gasteiger partial charge in [-0.1, -0.05) is 37.3 Å². The molecule has 0 saturated heterocycles. The predicted molar refractivity (Wildman–Crippen MR) is 104 cm³/mol. The molecule has 144 valence electrons. The van der Waals surface area contributed by atoms with Crippen LogP contribution in [0, 0.1) is 10.1 Å². The molecule has 0 unspecified atom stereocenters. The van der Waals surface area contributed by atoms with Crippen LogP contribution < -0.4 is 16.4 Å². The summed E-state index contributed by atoms with van der Waals surface area (Å²) < 4.78 is 4.80. The van der Waals surface area contributed by atoms with Gasteiger partial charge in [-0.2, -0.15) is 0 Å². The van der Waals surface area contributed by atoms with Gasteiger partial charge < -0.3 is 15.8 Å². The number of hydrogen-bond donors (Lipinski definition) is 3. The summed E-state index contributed by atoms with van der Waals surface area (Å²) in [6.45, 7) is 5.78. The van der Waals surface area contributed by atoms with E-state index >= 15 is 0 Å². The van der Waals surface area contributed by atoms with Gasteiger partial charge in [-0.15, -0.1) is 0 Å². The Balaban J connectivity index is 2.30. The van der Waals surface area contributed by atoms with E-state index in [0.717, 1.165) is 5.56 Å². The van der Waals surface area contributed by atoms with Crippen molar-refractivity contribution in [2.75, 3.05) is 23.0 Å². The van der Waals surface area contributed by atoms with Gasteiger partial charge >= 0.3 is 11.8 Å². The Kier molecular flexibility index (Phi) is 6.53. The number of carbonyl (C=O) groups excluding carboxylic acids is 1. The maximum Gasteiger partial charge on any atom is 0.412 e. The lowest BCUT2D eigenvalue weighted by Crippen LogP contribution is -2.23. The number of ether oxygens (including phenoxy) is 1. The summed E-state index contributed by atoms with van der Waals surface area (Å²) in [6, 6.07) is 11.0. The van der Waals surface area contributed by atoms with E-state index in [1.807, 2.05) is 44.2 Å². The molecule has 9 nitrogen and oxygen atoms in total. The van der Waals surface area contributed by atoms with E-state index < -0.39 is 11.0 Å². The van der Waals surface area contributed by atoms with Crippen LogP contribution >= 0.6 is 0 Å². The first-order chi connectivity index (χ1) is 12.8. The third-order valence-corrected chi connectivity index (χ3v) is 4.17. The van der Waals surface area contributed by atoms with Gasteiger partial charge in [0.25, 0.3) is 0 Å². The molecule has 0 spiro atoms. The number of nitrogens with two attached hydrogens (primary N) is 1. The van der Waals surface area contributed by atoms with Crippen LogP contribution in [0.4, 0.5) is 27.8 Å². The molecule has 0 radical (unpaired) electrons. The molecule has 0 aliphatic rings. The van der Waals surface area contributed by atoms with Gasteiger partial charge in [0, 0.05) is 18.0 Å². The van der Waals surface area contributed by atoms with E-state index in [1.54, 1.807) is 6.92 Å². The number of nitrogens with zero attached hydrogens (tertiary/aromatic N) is 2. The second-order valence-electron chi connectivity index (χ2n) is 6.02. The summed E-state index contributed by atoms with van der Waals surface area (Å²) in [6.07, 6.45) is -0.713. The lowest BCUT2D eigenvalue weighted by molar-refractivity contribution is -0.383. The maximum atomic E-state index is 11.6. The molecule has 1 aromatic carbocycles. The predicted octanol–water partition coefficient (Wildman–Crippen LogP) is 3.74. The number of rotatable bonds is 7. The second kappa shape index (κ2) is 8.84. The molecule has 0 bridgehead atoms. The molecule has 1 amide bonds. The number of anilines is 3. The van der Waals surface area contributed by atoms with Crippen molar-refractivity contribution < 1.29 is 14.5 Å². The first kappa shape index (κ1) is 20.0. The molecule has 9 heteroatoms. The molecule has 0 fully saturated rings. The van der Waals surface area contributed by atoms with Crippen LogP contribution in [0.5, 0.6) is 0 Å². The summed E-state index contributed by atoms with van der Waals surface area (Å²) in [4.78, 5) is 26.3. The van der Waals surface area contributed by atoms with Crippen LogP contribution in [-0.2, 0) is 4.74 Å². The van der Waals surface area contributed by atoms with Crippen LogP contribution in [0.3, 0.4) is 0 Å². The van der Waals surface area contributed by atoms with E-state index in [9.17, 15) is 14.9 Å². The maximum absolute atomic E-state index is 11.6. The van der Waals surface area contributed by atoms with Crippen LogP contribution in [0.2, 0.25) is 0 Å². The van der Waals surface area contributed by atoms with Crippen LogP contribution in [-0.4, -0.2) is 28.6 Å². The normalized spacial score (nSPS) is 12.7. The van der Waals surface area contributed by atoms with Gasteiger partial charge in [-0.25, -0.2) is 9.78 Å². The van der Waals surface area contributed by atoms with Crippen LogP contribution in [0.1, 0.15) is 32.3 Å². The van der Waals surface area contributed by atoms with E-state index in [-0.39, 0.29) is 41.6 Å². The number of nitrogen functional groups attached to an aromatic ring is 1. The number of benzene rings is 1. The van der Waals surface area contributed by atoms with E-state index in [2.05, 4.69) is 15.6 Å². The number of nitrogens with one attached hydrogen (secondary N) is 2. The fraction of sp³-hybridized carbons (Fsp3) is 0.333. The van der Waals surface area contributed by atoms with E-state index in [0.29, 0.717) is 0 Å². The molecular weight excluding hydrogens is 350 g/mol. The van der Waals surface area contributed by atoms with Crippen molar-refractivity contribution in [3.8, 4) is 0 Å². The Labute approximate surface area is 157 Å². The number of pyridine rings is 1. The first-order valence-electron chi connectivity index (χ1n) is 8.53. The van der Waals surface area contributed by atoms with Crippen molar-refractivity contribution in [1.29, 1.82) is 0 Å². The zero-order valence-corrected chi connectivity index (χ0v) is 15.4. The Morgan fingerprint density at radius 1 is 1.33 bits per heavy atom. The second-order valence-corrected chi connectivity index (χ2v) is 6.02. The lowest BCUT2D eigenvalue weighted by Gasteiger charge is -2.23. The van der Waals surface area contributed by atoms with Gasteiger partial charge in [0.1, 0.15) is 11.5 Å². The number of carbonyl (C=O) groups is 1. The lowest BCUT2D eigenvalue weighted by atomic mass is 9.94. The van der Waals surface area contributed by atoms with Crippen molar-refractivity contribution in [2.24, 2.45) is 0 Å². The molecular formula is C18H23N5O4. The highest BCUT2D eigenvalue weighted by atomic mass is 16.6. The van der Waals surface area contributed by atoms with Gasteiger partial charge in [-0.05, 0) is 19.4 Å². The number of aromatic nitrogens is 1. The minimum Gasteiger partial charge on any atom is -0.450 e. The standard InChI is InChI=1S/C18H23N5O4/c1-4-27-18(24)22-15-10-14(16(23(25)26)17(19)21-15)20-12(3)11(2)13-8-6-5-7-9-13/h5-12H,4H2,1-3H3,(H4,19,20,21,22,24)/t11-,12-/m0/s1.